The Labute approximate surface area is 201 Å². The third-order valence-electron chi connectivity index (χ3n) is 5.43. The summed E-state index contributed by atoms with van der Waals surface area (Å²) in [6, 6.07) is 16.4. The minimum Gasteiger partial charge on any atom is -0.490 e. The van der Waals surface area contributed by atoms with Gasteiger partial charge in [0.15, 0.2) is 17.5 Å². The molecule has 7 nitrogen and oxygen atoms in total. The Morgan fingerprint density at radius 3 is 2.42 bits per heavy atom. The second-order valence-corrected chi connectivity index (χ2v) is 7.71. The number of nitrogens with one attached hydrogen (secondary N) is 1. The first-order valence-electron chi connectivity index (χ1n) is 10.7. The van der Waals surface area contributed by atoms with Crippen LogP contribution < -0.4 is 20.5 Å². The highest BCUT2D eigenvalue weighted by Gasteiger charge is 2.16. The average Bonchev–Trinajstić information content (AvgIpc) is 3.01. The molecule has 2 heterocycles. The number of nitrogens with two attached hydrogens (primary N) is 1. The van der Waals surface area contributed by atoms with Crippen LogP contribution in [-0.2, 0) is 6.54 Å². The van der Waals surface area contributed by atoms with Gasteiger partial charge < -0.3 is 20.5 Å². The molecule has 0 amide bonds. The van der Waals surface area contributed by atoms with Crippen LogP contribution in [-0.4, -0.2) is 68.2 Å². The Balaban J connectivity index is 0.00000272. The van der Waals surface area contributed by atoms with E-state index in [9.17, 15) is 0 Å². The topological polar surface area (TPSA) is 75.4 Å². The SMILES string of the molecule is I.NC(=NCCN1CCN(Cc2ccccc2)CC1)Nc1ccc2c(c1)OCCCO2. The molecule has 0 spiro atoms. The van der Waals surface area contributed by atoms with Crippen LogP contribution in [0.3, 0.4) is 0 Å². The van der Waals surface area contributed by atoms with Crippen LogP contribution in [0, 0.1) is 0 Å². The predicted molar refractivity (Wildman–Crippen MR) is 136 cm³/mol. The number of halogens is 1. The number of nitrogens with zero attached hydrogens (tertiary/aromatic N) is 3. The van der Waals surface area contributed by atoms with Crippen molar-refractivity contribution < 1.29 is 9.47 Å². The van der Waals surface area contributed by atoms with Gasteiger partial charge in [0.25, 0.3) is 0 Å². The molecular weight excluding hydrogens is 505 g/mol. The van der Waals surface area contributed by atoms with Crippen molar-refractivity contribution in [2.75, 3.05) is 57.8 Å². The van der Waals surface area contributed by atoms with E-state index >= 15 is 0 Å². The number of ether oxygens (including phenoxy) is 2. The first-order chi connectivity index (χ1) is 14.8. The standard InChI is InChI=1S/C23H31N5O2.HI/c24-23(26-20-7-8-21-22(17-20)30-16-4-15-29-21)25-9-10-27-11-13-28(14-12-27)18-19-5-2-1-3-6-19;/h1-3,5-8,17H,4,9-16,18H2,(H3,24,25,26);1H. The van der Waals surface area contributed by atoms with Crippen molar-refractivity contribution in [3.63, 3.8) is 0 Å². The fourth-order valence-corrected chi connectivity index (χ4v) is 3.75. The van der Waals surface area contributed by atoms with Gasteiger partial charge in [-0.05, 0) is 17.7 Å². The maximum atomic E-state index is 6.08. The predicted octanol–water partition coefficient (Wildman–Crippen LogP) is 3.01. The van der Waals surface area contributed by atoms with Crippen molar-refractivity contribution >= 4 is 35.6 Å². The highest BCUT2D eigenvalue weighted by molar-refractivity contribution is 14.0. The number of guanidine groups is 1. The monoisotopic (exact) mass is 537 g/mol. The highest BCUT2D eigenvalue weighted by atomic mass is 127. The molecule has 2 aliphatic rings. The molecule has 1 fully saturated rings. The number of benzene rings is 2. The normalized spacial score (nSPS) is 17.5. The van der Waals surface area contributed by atoms with E-state index in [1.807, 2.05) is 18.2 Å². The summed E-state index contributed by atoms with van der Waals surface area (Å²) in [7, 11) is 0. The number of hydrogen-bond acceptors (Lipinski definition) is 5. The Bertz CT molecular complexity index is 841. The minimum absolute atomic E-state index is 0. The Kier molecular flexibility index (Phi) is 9.23. The smallest absolute Gasteiger partial charge is 0.193 e. The fourth-order valence-electron chi connectivity index (χ4n) is 3.75. The summed E-state index contributed by atoms with van der Waals surface area (Å²) in [5, 5.41) is 3.15. The van der Waals surface area contributed by atoms with Crippen LogP contribution in [0.2, 0.25) is 0 Å². The lowest BCUT2D eigenvalue weighted by Crippen LogP contribution is -2.46. The van der Waals surface area contributed by atoms with E-state index in [-0.39, 0.29) is 24.0 Å². The molecule has 31 heavy (non-hydrogen) atoms. The molecule has 1 saturated heterocycles. The van der Waals surface area contributed by atoms with Gasteiger partial charge in [-0.15, -0.1) is 24.0 Å². The Morgan fingerprint density at radius 1 is 0.935 bits per heavy atom. The summed E-state index contributed by atoms with van der Waals surface area (Å²) in [6.45, 7) is 8.29. The second kappa shape index (κ2) is 12.1. The molecular formula is C23H32IN5O2. The Morgan fingerprint density at radius 2 is 1.65 bits per heavy atom. The van der Waals surface area contributed by atoms with E-state index in [0.717, 1.165) is 62.9 Å². The summed E-state index contributed by atoms with van der Waals surface area (Å²) in [6.07, 6.45) is 0.890. The van der Waals surface area contributed by atoms with Gasteiger partial charge in [-0.2, -0.15) is 0 Å². The van der Waals surface area contributed by atoms with Gasteiger partial charge >= 0.3 is 0 Å². The lowest BCUT2D eigenvalue weighted by molar-refractivity contribution is 0.130. The van der Waals surface area contributed by atoms with Crippen molar-refractivity contribution in [3.8, 4) is 11.5 Å². The fraction of sp³-hybridized carbons (Fsp3) is 0.435. The quantitative estimate of drug-likeness (QED) is 0.336. The number of piperazine rings is 1. The van der Waals surface area contributed by atoms with E-state index in [1.54, 1.807) is 0 Å². The van der Waals surface area contributed by atoms with Crippen molar-refractivity contribution in [3.05, 3.63) is 54.1 Å². The van der Waals surface area contributed by atoms with Gasteiger partial charge in [-0.25, -0.2) is 0 Å². The van der Waals surface area contributed by atoms with Gasteiger partial charge in [0.05, 0.1) is 19.8 Å². The zero-order valence-electron chi connectivity index (χ0n) is 17.8. The number of fused-ring (bicyclic) bond motifs is 1. The molecule has 3 N–H and O–H groups in total. The van der Waals surface area contributed by atoms with Crippen LogP contribution in [0.5, 0.6) is 11.5 Å². The molecule has 0 saturated carbocycles. The van der Waals surface area contributed by atoms with Crippen molar-refractivity contribution in [1.82, 2.24) is 9.80 Å². The van der Waals surface area contributed by atoms with E-state index < -0.39 is 0 Å². The zero-order chi connectivity index (χ0) is 20.6. The molecule has 4 rings (SSSR count). The zero-order valence-corrected chi connectivity index (χ0v) is 20.2. The van der Waals surface area contributed by atoms with Gasteiger partial charge in [-0.1, -0.05) is 30.3 Å². The van der Waals surface area contributed by atoms with Gasteiger partial charge in [0.1, 0.15) is 0 Å². The van der Waals surface area contributed by atoms with Crippen LogP contribution in [0.25, 0.3) is 0 Å². The molecule has 168 valence electrons. The van der Waals surface area contributed by atoms with E-state index in [2.05, 4.69) is 50.4 Å². The second-order valence-electron chi connectivity index (χ2n) is 7.71. The molecule has 8 heteroatoms. The number of rotatable bonds is 6. The number of hydrogen-bond donors (Lipinski definition) is 2. The third-order valence-corrected chi connectivity index (χ3v) is 5.43. The summed E-state index contributed by atoms with van der Waals surface area (Å²) < 4.78 is 11.4. The third kappa shape index (κ3) is 7.26. The Hall–Kier alpha value is -2.04. The number of aliphatic imine (C=N–C) groups is 1. The highest BCUT2D eigenvalue weighted by Crippen LogP contribution is 2.32. The summed E-state index contributed by atoms with van der Waals surface area (Å²) in [4.78, 5) is 9.45. The van der Waals surface area contributed by atoms with Crippen LogP contribution in [0.4, 0.5) is 5.69 Å². The van der Waals surface area contributed by atoms with Crippen molar-refractivity contribution in [2.45, 2.75) is 13.0 Å². The molecule has 2 aliphatic heterocycles. The maximum Gasteiger partial charge on any atom is 0.193 e. The van der Waals surface area contributed by atoms with E-state index in [0.29, 0.717) is 25.7 Å². The summed E-state index contributed by atoms with van der Waals surface area (Å²) in [5.74, 6) is 1.95. The molecule has 0 aromatic heterocycles. The van der Waals surface area contributed by atoms with Crippen LogP contribution >= 0.6 is 24.0 Å². The molecule has 0 unspecified atom stereocenters. The van der Waals surface area contributed by atoms with Gasteiger partial charge in [0, 0.05) is 57.4 Å². The van der Waals surface area contributed by atoms with Crippen LogP contribution in [0.15, 0.2) is 53.5 Å². The van der Waals surface area contributed by atoms with E-state index in [1.165, 1.54) is 5.56 Å². The minimum atomic E-state index is 0. The van der Waals surface area contributed by atoms with Crippen LogP contribution in [0.1, 0.15) is 12.0 Å². The van der Waals surface area contributed by atoms with Gasteiger partial charge in [-0.3, -0.25) is 14.8 Å². The van der Waals surface area contributed by atoms with Crippen molar-refractivity contribution in [2.24, 2.45) is 10.7 Å². The summed E-state index contributed by atoms with van der Waals surface area (Å²) in [5.41, 5.74) is 8.31. The first-order valence-corrected chi connectivity index (χ1v) is 10.7. The maximum absolute atomic E-state index is 6.08. The first kappa shape index (κ1) is 23.6. The van der Waals surface area contributed by atoms with E-state index in [4.69, 9.17) is 15.2 Å². The lowest BCUT2D eigenvalue weighted by Gasteiger charge is -2.34. The van der Waals surface area contributed by atoms with Crippen molar-refractivity contribution in [1.29, 1.82) is 0 Å². The number of anilines is 1. The molecule has 2 aromatic rings. The molecule has 0 bridgehead atoms. The molecule has 0 aliphatic carbocycles. The molecule has 2 aromatic carbocycles. The summed E-state index contributed by atoms with van der Waals surface area (Å²) >= 11 is 0. The molecule has 0 radical (unpaired) electrons. The molecule has 0 atom stereocenters. The lowest BCUT2D eigenvalue weighted by atomic mass is 10.2. The van der Waals surface area contributed by atoms with Gasteiger partial charge in [0.2, 0.25) is 0 Å². The average molecular weight is 537 g/mol. The largest absolute Gasteiger partial charge is 0.490 e.